The van der Waals surface area contributed by atoms with Gasteiger partial charge in [-0.25, -0.2) is 0 Å². The topological polar surface area (TPSA) is 44.7 Å². The van der Waals surface area contributed by atoms with Gasteiger partial charge in [0.1, 0.15) is 0 Å². The molecule has 2 N–H and O–H groups in total. The van der Waals surface area contributed by atoms with Crippen molar-refractivity contribution in [2.24, 2.45) is 5.92 Å². The van der Waals surface area contributed by atoms with Crippen LogP contribution in [0.5, 0.6) is 0 Å². The molecule has 4 nitrogen and oxygen atoms in total. The van der Waals surface area contributed by atoms with Crippen molar-refractivity contribution in [3.8, 4) is 0 Å². The molecule has 0 spiro atoms. The van der Waals surface area contributed by atoms with Crippen molar-refractivity contribution >= 4 is 0 Å². The van der Waals surface area contributed by atoms with Gasteiger partial charge in [0, 0.05) is 25.2 Å². The number of aliphatic hydroxyl groups excluding tert-OH is 1. The third kappa shape index (κ3) is 4.99. The van der Waals surface area contributed by atoms with Gasteiger partial charge in [-0.2, -0.15) is 0 Å². The lowest BCUT2D eigenvalue weighted by Crippen LogP contribution is -2.54. The van der Waals surface area contributed by atoms with E-state index in [1.54, 1.807) is 0 Å². The standard InChI is InChI=1S/C16H34N2O2/c1-6-8-17-16(4,12-19)10-14(3)18-9-7-13(2)15(11-18)20-5/h13-15,17,19H,6-12H2,1-5H3. The largest absolute Gasteiger partial charge is 0.394 e. The summed E-state index contributed by atoms with van der Waals surface area (Å²) in [4.78, 5) is 2.51. The summed E-state index contributed by atoms with van der Waals surface area (Å²) in [5, 5.41) is 13.2. The molecule has 0 saturated carbocycles. The molecular formula is C16H34N2O2. The average Bonchev–Trinajstić information content (AvgIpc) is 2.45. The van der Waals surface area contributed by atoms with Crippen LogP contribution in [-0.4, -0.2) is 61.0 Å². The van der Waals surface area contributed by atoms with E-state index in [9.17, 15) is 5.11 Å². The van der Waals surface area contributed by atoms with Crippen LogP contribution in [0.25, 0.3) is 0 Å². The quantitative estimate of drug-likeness (QED) is 0.715. The van der Waals surface area contributed by atoms with E-state index in [0.717, 1.165) is 32.5 Å². The molecule has 20 heavy (non-hydrogen) atoms. The van der Waals surface area contributed by atoms with Crippen LogP contribution in [0.4, 0.5) is 0 Å². The molecule has 120 valence electrons. The molecule has 1 saturated heterocycles. The highest BCUT2D eigenvalue weighted by Gasteiger charge is 2.32. The summed E-state index contributed by atoms with van der Waals surface area (Å²) in [5.74, 6) is 0.644. The highest BCUT2D eigenvalue weighted by molar-refractivity contribution is 4.89. The van der Waals surface area contributed by atoms with E-state index in [1.165, 1.54) is 6.42 Å². The molecule has 0 aliphatic carbocycles. The van der Waals surface area contributed by atoms with Crippen molar-refractivity contribution in [3.63, 3.8) is 0 Å². The van der Waals surface area contributed by atoms with E-state index in [4.69, 9.17) is 4.74 Å². The number of nitrogens with zero attached hydrogens (tertiary/aromatic N) is 1. The lowest BCUT2D eigenvalue weighted by Gasteiger charge is -2.42. The van der Waals surface area contributed by atoms with Gasteiger partial charge in [0.05, 0.1) is 12.7 Å². The monoisotopic (exact) mass is 286 g/mol. The van der Waals surface area contributed by atoms with E-state index in [0.29, 0.717) is 18.1 Å². The fourth-order valence-electron chi connectivity index (χ4n) is 3.17. The van der Waals surface area contributed by atoms with Crippen molar-refractivity contribution < 1.29 is 9.84 Å². The maximum absolute atomic E-state index is 9.69. The molecule has 1 aliphatic heterocycles. The van der Waals surface area contributed by atoms with Crippen LogP contribution in [0.15, 0.2) is 0 Å². The normalized spacial score (nSPS) is 29.1. The van der Waals surface area contributed by atoms with E-state index < -0.39 is 0 Å². The van der Waals surface area contributed by atoms with Gasteiger partial charge < -0.3 is 15.2 Å². The van der Waals surface area contributed by atoms with Gasteiger partial charge in [-0.3, -0.25) is 4.90 Å². The minimum Gasteiger partial charge on any atom is -0.394 e. The Morgan fingerprint density at radius 3 is 2.75 bits per heavy atom. The zero-order valence-corrected chi connectivity index (χ0v) is 14.0. The number of likely N-dealkylation sites (tertiary alicyclic amines) is 1. The molecule has 1 aliphatic rings. The van der Waals surface area contributed by atoms with Crippen LogP contribution in [0.2, 0.25) is 0 Å². The zero-order valence-electron chi connectivity index (χ0n) is 14.0. The van der Waals surface area contributed by atoms with Crippen molar-refractivity contribution in [2.75, 3.05) is 33.4 Å². The molecule has 0 aromatic heterocycles. The second-order valence-electron chi connectivity index (χ2n) is 6.73. The number of nitrogens with one attached hydrogen (secondary N) is 1. The Kier molecular flexibility index (Phi) is 7.45. The van der Waals surface area contributed by atoms with Crippen LogP contribution in [-0.2, 0) is 4.74 Å². The molecule has 1 rings (SSSR count). The first-order valence-electron chi connectivity index (χ1n) is 8.08. The van der Waals surface area contributed by atoms with Crippen LogP contribution in [0.3, 0.4) is 0 Å². The van der Waals surface area contributed by atoms with Gasteiger partial charge in [0.15, 0.2) is 0 Å². The fourth-order valence-corrected chi connectivity index (χ4v) is 3.17. The number of methoxy groups -OCH3 is 1. The number of rotatable bonds is 8. The SMILES string of the molecule is CCCNC(C)(CO)CC(C)N1CCC(C)C(OC)C1. The molecule has 0 radical (unpaired) electrons. The number of hydrogen-bond acceptors (Lipinski definition) is 4. The summed E-state index contributed by atoms with van der Waals surface area (Å²) in [6.45, 7) is 12.1. The van der Waals surface area contributed by atoms with Gasteiger partial charge >= 0.3 is 0 Å². The number of hydrogen-bond donors (Lipinski definition) is 2. The van der Waals surface area contributed by atoms with Crippen LogP contribution in [0, 0.1) is 5.92 Å². The second kappa shape index (κ2) is 8.32. The molecule has 0 aromatic rings. The Hall–Kier alpha value is -0.160. The highest BCUT2D eigenvalue weighted by Crippen LogP contribution is 2.24. The molecule has 4 atom stereocenters. The molecule has 0 amide bonds. The summed E-state index contributed by atoms with van der Waals surface area (Å²) in [7, 11) is 1.82. The first-order valence-corrected chi connectivity index (χ1v) is 8.08. The summed E-state index contributed by atoms with van der Waals surface area (Å²) in [6, 6.07) is 0.460. The molecule has 4 heteroatoms. The van der Waals surface area contributed by atoms with Crippen LogP contribution < -0.4 is 5.32 Å². The molecule has 1 heterocycles. The summed E-state index contributed by atoms with van der Waals surface area (Å²) >= 11 is 0. The molecule has 0 aromatic carbocycles. The van der Waals surface area contributed by atoms with Gasteiger partial charge in [-0.1, -0.05) is 13.8 Å². The van der Waals surface area contributed by atoms with Crippen LogP contribution >= 0.6 is 0 Å². The number of aliphatic hydroxyl groups is 1. The molecule has 1 fully saturated rings. The maximum Gasteiger partial charge on any atom is 0.0724 e. The smallest absolute Gasteiger partial charge is 0.0724 e. The van der Waals surface area contributed by atoms with Crippen molar-refractivity contribution in [2.45, 2.75) is 64.6 Å². The Labute approximate surface area is 124 Å². The van der Waals surface area contributed by atoms with Gasteiger partial charge in [0.2, 0.25) is 0 Å². The number of piperidine rings is 1. The maximum atomic E-state index is 9.69. The van der Waals surface area contributed by atoms with Crippen molar-refractivity contribution in [1.82, 2.24) is 10.2 Å². The molecule has 0 bridgehead atoms. The zero-order chi connectivity index (χ0) is 15.2. The van der Waals surface area contributed by atoms with Gasteiger partial charge in [-0.05, 0) is 52.1 Å². The summed E-state index contributed by atoms with van der Waals surface area (Å²) in [5.41, 5.74) is -0.180. The second-order valence-corrected chi connectivity index (χ2v) is 6.73. The van der Waals surface area contributed by atoms with Gasteiger partial charge in [-0.15, -0.1) is 0 Å². The van der Waals surface area contributed by atoms with E-state index in [1.807, 2.05) is 7.11 Å². The van der Waals surface area contributed by atoms with Crippen LogP contribution in [0.1, 0.15) is 47.0 Å². The van der Waals surface area contributed by atoms with Gasteiger partial charge in [0.25, 0.3) is 0 Å². The predicted molar refractivity (Wildman–Crippen MR) is 84.0 cm³/mol. The predicted octanol–water partition coefficient (Wildman–Crippen LogP) is 1.87. The lowest BCUT2D eigenvalue weighted by atomic mass is 9.90. The van der Waals surface area contributed by atoms with E-state index in [2.05, 4.69) is 37.9 Å². The molecule has 4 unspecified atom stereocenters. The summed E-state index contributed by atoms with van der Waals surface area (Å²) < 4.78 is 5.60. The van der Waals surface area contributed by atoms with Crippen molar-refractivity contribution in [1.29, 1.82) is 0 Å². The van der Waals surface area contributed by atoms with E-state index in [-0.39, 0.29) is 12.1 Å². The number of ether oxygens (including phenoxy) is 1. The third-order valence-electron chi connectivity index (χ3n) is 4.74. The lowest BCUT2D eigenvalue weighted by molar-refractivity contribution is -0.0226. The first-order chi connectivity index (χ1) is 9.45. The summed E-state index contributed by atoms with van der Waals surface area (Å²) in [6.07, 6.45) is 3.60. The minimum atomic E-state index is -0.180. The Morgan fingerprint density at radius 2 is 2.20 bits per heavy atom. The Morgan fingerprint density at radius 1 is 1.50 bits per heavy atom. The molecular weight excluding hydrogens is 252 g/mol. The Bertz CT molecular complexity index is 275. The fraction of sp³-hybridized carbons (Fsp3) is 1.00. The third-order valence-corrected chi connectivity index (χ3v) is 4.74. The highest BCUT2D eigenvalue weighted by atomic mass is 16.5. The van der Waals surface area contributed by atoms with E-state index >= 15 is 0 Å². The Balaban J connectivity index is 2.54. The average molecular weight is 286 g/mol. The van der Waals surface area contributed by atoms with Crippen molar-refractivity contribution in [3.05, 3.63) is 0 Å². The first kappa shape index (κ1) is 17.9. The minimum absolute atomic E-state index is 0.180.